The van der Waals surface area contributed by atoms with Crippen LogP contribution < -0.4 is 5.32 Å². The van der Waals surface area contributed by atoms with E-state index < -0.39 is 5.97 Å². The van der Waals surface area contributed by atoms with Gasteiger partial charge in [-0.05, 0) is 38.8 Å². The van der Waals surface area contributed by atoms with Crippen molar-refractivity contribution >= 4 is 11.9 Å². The van der Waals surface area contributed by atoms with E-state index in [0.717, 1.165) is 25.8 Å². The fourth-order valence-corrected chi connectivity index (χ4v) is 3.26. The van der Waals surface area contributed by atoms with Crippen LogP contribution in [0.3, 0.4) is 0 Å². The van der Waals surface area contributed by atoms with E-state index in [0.29, 0.717) is 30.0 Å². The molecule has 1 aromatic heterocycles. The van der Waals surface area contributed by atoms with E-state index in [9.17, 15) is 14.7 Å². The van der Waals surface area contributed by atoms with Gasteiger partial charge in [0.2, 0.25) is 0 Å². The van der Waals surface area contributed by atoms with E-state index >= 15 is 0 Å². The molecule has 1 saturated heterocycles. The monoisotopic (exact) mass is 323 g/mol. The molecule has 0 saturated carbocycles. The number of aliphatic hydroxyl groups is 1. The van der Waals surface area contributed by atoms with Crippen LogP contribution in [0.1, 0.15) is 51.4 Å². The van der Waals surface area contributed by atoms with Crippen LogP contribution in [0.15, 0.2) is 0 Å². The number of carboxylic acids is 1. The van der Waals surface area contributed by atoms with Crippen LogP contribution in [0.4, 0.5) is 0 Å². The fraction of sp³-hybridized carbons (Fsp3) is 0.625. The molecule has 1 aliphatic heterocycles. The maximum Gasteiger partial charge on any atom is 0.337 e. The van der Waals surface area contributed by atoms with Gasteiger partial charge in [-0.25, -0.2) is 4.79 Å². The van der Waals surface area contributed by atoms with Gasteiger partial charge in [-0.15, -0.1) is 0 Å². The molecule has 0 aromatic carbocycles. The van der Waals surface area contributed by atoms with Crippen molar-refractivity contribution in [1.29, 1.82) is 0 Å². The number of carbonyl (C=O) groups is 2. The first kappa shape index (κ1) is 17.5. The van der Waals surface area contributed by atoms with E-state index in [1.165, 1.54) is 0 Å². The van der Waals surface area contributed by atoms with Gasteiger partial charge < -0.3 is 20.5 Å². The molecule has 0 radical (unpaired) electrons. The Hall–Kier alpha value is -1.86. The third kappa shape index (κ3) is 3.92. The Kier molecular flexibility index (Phi) is 5.79. The van der Waals surface area contributed by atoms with Crippen LogP contribution in [0.5, 0.6) is 0 Å². The van der Waals surface area contributed by atoms with Crippen molar-refractivity contribution in [2.75, 3.05) is 26.2 Å². The predicted octanol–water partition coefficient (Wildman–Crippen LogP) is 0.906. The number of amides is 1. The predicted molar refractivity (Wildman–Crippen MR) is 85.9 cm³/mol. The summed E-state index contributed by atoms with van der Waals surface area (Å²) in [6.45, 7) is 5.51. The highest BCUT2D eigenvalue weighted by Gasteiger charge is 2.23. The number of carbonyl (C=O) groups excluding carboxylic acids is 1. The van der Waals surface area contributed by atoms with Crippen molar-refractivity contribution < 1.29 is 19.8 Å². The lowest BCUT2D eigenvalue weighted by Crippen LogP contribution is -2.45. The average Bonchev–Trinajstić information content (AvgIpc) is 2.82. The lowest BCUT2D eigenvalue weighted by molar-refractivity contribution is 0.0695. The molecule has 2 rings (SSSR count). The van der Waals surface area contributed by atoms with Gasteiger partial charge in [0, 0.05) is 24.8 Å². The molecule has 1 fully saturated rings. The molecule has 1 amide bonds. The Labute approximate surface area is 135 Å². The number of aromatic amines is 1. The second kappa shape index (κ2) is 7.61. The summed E-state index contributed by atoms with van der Waals surface area (Å²) in [5.74, 6) is -1.33. The van der Waals surface area contributed by atoms with Gasteiger partial charge in [-0.3, -0.25) is 9.69 Å². The highest BCUT2D eigenvalue weighted by atomic mass is 16.4. The zero-order valence-corrected chi connectivity index (χ0v) is 13.7. The van der Waals surface area contributed by atoms with Gasteiger partial charge in [0.15, 0.2) is 0 Å². The molecule has 1 aromatic rings. The number of aromatic nitrogens is 1. The molecule has 0 bridgehead atoms. The Morgan fingerprint density at radius 3 is 2.70 bits per heavy atom. The lowest BCUT2D eigenvalue weighted by atomic mass is 10.0. The number of piperidine rings is 1. The number of likely N-dealkylation sites (tertiary alicyclic amines) is 1. The average molecular weight is 323 g/mol. The normalized spacial score (nSPS) is 18.8. The molecule has 1 aliphatic rings. The van der Waals surface area contributed by atoms with Crippen molar-refractivity contribution in [2.24, 2.45) is 0 Å². The molecule has 128 valence electrons. The minimum Gasteiger partial charge on any atom is -0.478 e. The van der Waals surface area contributed by atoms with Crippen molar-refractivity contribution in [1.82, 2.24) is 15.2 Å². The summed E-state index contributed by atoms with van der Waals surface area (Å²) in [5.41, 5.74) is 1.40. The molecule has 0 unspecified atom stereocenters. The zero-order chi connectivity index (χ0) is 17.0. The van der Waals surface area contributed by atoms with Crippen LogP contribution in [0, 0.1) is 13.8 Å². The maximum absolute atomic E-state index is 12.2. The second-order valence-corrected chi connectivity index (χ2v) is 6.05. The molecule has 2 heterocycles. The molecule has 0 spiro atoms. The number of hydrogen-bond donors (Lipinski definition) is 4. The van der Waals surface area contributed by atoms with Crippen molar-refractivity contribution in [3.63, 3.8) is 0 Å². The van der Waals surface area contributed by atoms with Gasteiger partial charge in [-0.1, -0.05) is 6.42 Å². The first-order valence-electron chi connectivity index (χ1n) is 8.01. The van der Waals surface area contributed by atoms with E-state index in [2.05, 4.69) is 15.2 Å². The summed E-state index contributed by atoms with van der Waals surface area (Å²) >= 11 is 0. The molecule has 0 aliphatic carbocycles. The summed E-state index contributed by atoms with van der Waals surface area (Å²) < 4.78 is 0. The standard InChI is InChI=1S/C16H25N3O4/c1-10-13(16(22)23)11(2)18-14(10)15(21)17-6-8-19-7-4-3-5-12(19)9-20/h12,18,20H,3-9H2,1-2H3,(H,17,21)(H,22,23)/t12-/m0/s1. The number of aromatic carboxylic acids is 1. The minimum absolute atomic E-state index is 0.144. The van der Waals surface area contributed by atoms with E-state index in [1.54, 1.807) is 13.8 Å². The first-order chi connectivity index (χ1) is 11.0. The number of hydrogen-bond acceptors (Lipinski definition) is 4. The Morgan fingerprint density at radius 2 is 2.09 bits per heavy atom. The SMILES string of the molecule is Cc1[nH]c(C(=O)NCCN2CCCC[C@H]2CO)c(C)c1C(=O)O. The lowest BCUT2D eigenvalue weighted by Gasteiger charge is -2.34. The molecule has 1 atom stereocenters. The van der Waals surface area contributed by atoms with Crippen molar-refractivity contribution in [3.05, 3.63) is 22.5 Å². The van der Waals surface area contributed by atoms with E-state index in [-0.39, 0.29) is 24.1 Å². The van der Waals surface area contributed by atoms with Gasteiger partial charge >= 0.3 is 5.97 Å². The Bertz CT molecular complexity index is 582. The minimum atomic E-state index is -1.03. The van der Waals surface area contributed by atoms with E-state index in [1.807, 2.05) is 0 Å². The van der Waals surface area contributed by atoms with Gasteiger partial charge in [-0.2, -0.15) is 0 Å². The van der Waals surface area contributed by atoms with Crippen molar-refractivity contribution in [2.45, 2.75) is 39.2 Å². The van der Waals surface area contributed by atoms with Gasteiger partial charge in [0.25, 0.3) is 5.91 Å². The molecule has 4 N–H and O–H groups in total. The van der Waals surface area contributed by atoms with Crippen LogP contribution in [0.2, 0.25) is 0 Å². The summed E-state index contributed by atoms with van der Waals surface area (Å²) in [6, 6.07) is 0.175. The summed E-state index contributed by atoms with van der Waals surface area (Å²) in [4.78, 5) is 28.5. The quantitative estimate of drug-likeness (QED) is 0.622. The highest BCUT2D eigenvalue weighted by Crippen LogP contribution is 2.18. The third-order valence-corrected chi connectivity index (χ3v) is 4.52. The van der Waals surface area contributed by atoms with Crippen LogP contribution >= 0.6 is 0 Å². The summed E-state index contributed by atoms with van der Waals surface area (Å²) in [7, 11) is 0. The highest BCUT2D eigenvalue weighted by molar-refractivity contribution is 5.99. The number of carboxylic acid groups (broad SMARTS) is 1. The number of rotatable bonds is 6. The molecule has 7 heteroatoms. The van der Waals surface area contributed by atoms with Gasteiger partial charge in [0.1, 0.15) is 5.69 Å². The third-order valence-electron chi connectivity index (χ3n) is 4.52. The van der Waals surface area contributed by atoms with Gasteiger partial charge in [0.05, 0.1) is 12.2 Å². The fourth-order valence-electron chi connectivity index (χ4n) is 3.26. The molecular formula is C16H25N3O4. The number of aliphatic hydroxyl groups excluding tert-OH is 1. The Morgan fingerprint density at radius 1 is 1.35 bits per heavy atom. The number of H-pyrrole nitrogens is 1. The Balaban J connectivity index is 1.92. The maximum atomic E-state index is 12.2. The summed E-state index contributed by atoms with van der Waals surface area (Å²) in [6.07, 6.45) is 3.23. The summed E-state index contributed by atoms with van der Waals surface area (Å²) in [5, 5.41) is 21.4. The number of nitrogens with one attached hydrogen (secondary N) is 2. The molecule has 7 nitrogen and oxygen atoms in total. The van der Waals surface area contributed by atoms with Crippen molar-refractivity contribution in [3.8, 4) is 0 Å². The number of nitrogens with zero attached hydrogens (tertiary/aromatic N) is 1. The van der Waals surface area contributed by atoms with E-state index in [4.69, 9.17) is 5.11 Å². The largest absolute Gasteiger partial charge is 0.478 e. The van der Waals surface area contributed by atoms with Crippen LogP contribution in [-0.2, 0) is 0 Å². The smallest absolute Gasteiger partial charge is 0.337 e. The van der Waals surface area contributed by atoms with Crippen LogP contribution in [0.25, 0.3) is 0 Å². The molecular weight excluding hydrogens is 298 g/mol. The first-order valence-corrected chi connectivity index (χ1v) is 8.01. The topological polar surface area (TPSA) is 106 Å². The zero-order valence-electron chi connectivity index (χ0n) is 13.7. The second-order valence-electron chi connectivity index (χ2n) is 6.05. The van der Waals surface area contributed by atoms with Crippen LogP contribution in [-0.4, -0.2) is 64.3 Å². The number of aryl methyl sites for hydroxylation is 1. The molecule has 23 heavy (non-hydrogen) atoms.